The van der Waals surface area contributed by atoms with Gasteiger partial charge < -0.3 is 10.2 Å². The molecule has 2 heterocycles. The number of likely N-dealkylation sites (N-methyl/N-ethyl adjacent to an activating group) is 1. The number of amides is 4. The molecular weight excluding hydrogens is 234 g/mol. The first kappa shape index (κ1) is 12.9. The van der Waals surface area contributed by atoms with Crippen molar-refractivity contribution in [2.75, 3.05) is 20.1 Å². The Hall–Kier alpha value is -1.59. The zero-order valence-electron chi connectivity index (χ0n) is 10.9. The van der Waals surface area contributed by atoms with E-state index in [2.05, 4.69) is 5.32 Å². The highest BCUT2D eigenvalue weighted by Crippen LogP contribution is 2.28. The molecule has 6 heteroatoms. The second-order valence-electron chi connectivity index (χ2n) is 5.01. The van der Waals surface area contributed by atoms with Gasteiger partial charge in [-0.1, -0.05) is 6.92 Å². The van der Waals surface area contributed by atoms with Gasteiger partial charge >= 0.3 is 6.03 Å². The molecule has 0 radical (unpaired) electrons. The minimum Gasteiger partial charge on any atom is -0.342 e. The number of nitrogens with one attached hydrogen (secondary N) is 1. The van der Waals surface area contributed by atoms with Gasteiger partial charge in [0.25, 0.3) is 5.91 Å². The number of urea groups is 1. The molecule has 0 atom stereocenters. The maximum atomic E-state index is 12.0. The normalized spacial score (nSPS) is 22.6. The summed E-state index contributed by atoms with van der Waals surface area (Å²) in [6, 6.07) is -0.340. The Bertz CT molecular complexity index is 386. The summed E-state index contributed by atoms with van der Waals surface area (Å²) in [5.41, 5.74) is -0.769. The summed E-state index contributed by atoms with van der Waals surface area (Å²) in [6.07, 6.45) is 2.40. The molecule has 0 aromatic heterocycles. The van der Waals surface area contributed by atoms with Crippen molar-refractivity contribution in [3.63, 3.8) is 0 Å². The van der Waals surface area contributed by atoms with E-state index < -0.39 is 5.54 Å². The highest BCUT2D eigenvalue weighted by atomic mass is 16.2. The van der Waals surface area contributed by atoms with E-state index in [0.29, 0.717) is 32.4 Å². The third-order valence-corrected chi connectivity index (χ3v) is 3.80. The van der Waals surface area contributed by atoms with Crippen molar-refractivity contribution in [2.24, 2.45) is 0 Å². The van der Waals surface area contributed by atoms with Gasteiger partial charge in [0.05, 0.1) is 0 Å². The van der Waals surface area contributed by atoms with Crippen molar-refractivity contribution >= 4 is 17.8 Å². The lowest BCUT2D eigenvalue weighted by molar-refractivity contribution is -0.138. The van der Waals surface area contributed by atoms with Crippen LogP contribution in [0.2, 0.25) is 0 Å². The Morgan fingerprint density at radius 3 is 2.39 bits per heavy atom. The van der Waals surface area contributed by atoms with E-state index in [1.54, 1.807) is 4.90 Å². The van der Waals surface area contributed by atoms with Crippen LogP contribution in [-0.4, -0.2) is 53.3 Å². The molecule has 2 rings (SSSR count). The molecule has 0 aromatic carbocycles. The van der Waals surface area contributed by atoms with Crippen LogP contribution in [0.15, 0.2) is 0 Å². The first-order valence-electron chi connectivity index (χ1n) is 6.38. The first-order valence-corrected chi connectivity index (χ1v) is 6.38. The monoisotopic (exact) mass is 253 g/mol. The Balaban J connectivity index is 2.00. The van der Waals surface area contributed by atoms with Crippen LogP contribution >= 0.6 is 0 Å². The highest BCUT2D eigenvalue weighted by Gasteiger charge is 2.51. The summed E-state index contributed by atoms with van der Waals surface area (Å²) in [6.45, 7) is 3.05. The lowest BCUT2D eigenvalue weighted by Gasteiger charge is -2.37. The van der Waals surface area contributed by atoms with Crippen molar-refractivity contribution in [3.8, 4) is 0 Å². The topological polar surface area (TPSA) is 69.7 Å². The summed E-state index contributed by atoms with van der Waals surface area (Å²) < 4.78 is 0. The summed E-state index contributed by atoms with van der Waals surface area (Å²) in [5, 5.41) is 2.76. The molecule has 1 spiro atoms. The number of nitrogens with zero attached hydrogens (tertiary/aromatic N) is 2. The van der Waals surface area contributed by atoms with Gasteiger partial charge in [-0.25, -0.2) is 4.79 Å². The molecule has 2 aliphatic rings. The maximum absolute atomic E-state index is 12.0. The fourth-order valence-electron chi connectivity index (χ4n) is 2.60. The van der Waals surface area contributed by atoms with Crippen LogP contribution in [0.25, 0.3) is 0 Å². The Morgan fingerprint density at radius 1 is 1.33 bits per heavy atom. The van der Waals surface area contributed by atoms with Crippen LogP contribution < -0.4 is 5.32 Å². The lowest BCUT2D eigenvalue weighted by Crippen LogP contribution is -2.55. The SMILES string of the molecule is CCCC(=O)N1CCC2(CC1)NC(=O)N(C)C2=O. The molecule has 1 N–H and O–H groups in total. The van der Waals surface area contributed by atoms with E-state index in [0.717, 1.165) is 11.3 Å². The number of piperidine rings is 1. The third kappa shape index (κ3) is 1.95. The standard InChI is InChI=1S/C12H19N3O3/c1-3-4-9(16)15-7-5-12(6-8-15)10(17)14(2)11(18)13-12/h3-8H2,1-2H3,(H,13,18). The van der Waals surface area contributed by atoms with Crippen molar-refractivity contribution in [1.82, 2.24) is 15.1 Å². The number of hydrogen-bond donors (Lipinski definition) is 1. The van der Waals surface area contributed by atoms with Gasteiger partial charge in [0.1, 0.15) is 5.54 Å². The van der Waals surface area contributed by atoms with E-state index >= 15 is 0 Å². The number of imide groups is 1. The van der Waals surface area contributed by atoms with Gasteiger partial charge in [-0.2, -0.15) is 0 Å². The van der Waals surface area contributed by atoms with Gasteiger partial charge in [-0.05, 0) is 19.3 Å². The number of carbonyl (C=O) groups is 3. The molecule has 0 saturated carbocycles. The molecule has 0 aromatic rings. The Labute approximate surface area is 106 Å². The zero-order valence-corrected chi connectivity index (χ0v) is 10.9. The van der Waals surface area contributed by atoms with Crippen LogP contribution in [0, 0.1) is 0 Å². The van der Waals surface area contributed by atoms with E-state index in [-0.39, 0.29) is 17.8 Å². The zero-order chi connectivity index (χ0) is 13.3. The minimum absolute atomic E-state index is 0.137. The average Bonchev–Trinajstić information content (AvgIpc) is 2.56. The van der Waals surface area contributed by atoms with Gasteiger partial charge in [0.15, 0.2) is 0 Å². The number of likely N-dealkylation sites (tertiary alicyclic amines) is 1. The molecule has 6 nitrogen and oxygen atoms in total. The van der Waals surface area contributed by atoms with E-state index in [1.165, 1.54) is 7.05 Å². The average molecular weight is 253 g/mol. The summed E-state index contributed by atoms with van der Waals surface area (Å²) >= 11 is 0. The van der Waals surface area contributed by atoms with Crippen molar-refractivity contribution in [2.45, 2.75) is 38.1 Å². The van der Waals surface area contributed by atoms with Crippen LogP contribution in [0.5, 0.6) is 0 Å². The van der Waals surface area contributed by atoms with Crippen LogP contribution in [0.3, 0.4) is 0 Å². The molecule has 100 valence electrons. The highest BCUT2D eigenvalue weighted by molar-refractivity contribution is 6.06. The minimum atomic E-state index is -0.769. The van der Waals surface area contributed by atoms with Crippen molar-refractivity contribution in [3.05, 3.63) is 0 Å². The van der Waals surface area contributed by atoms with Gasteiger partial charge in [0.2, 0.25) is 5.91 Å². The predicted molar refractivity (Wildman–Crippen MR) is 64.8 cm³/mol. The molecule has 2 aliphatic heterocycles. The summed E-state index contributed by atoms with van der Waals surface area (Å²) in [5.74, 6) is -0.0347. The largest absolute Gasteiger partial charge is 0.342 e. The van der Waals surface area contributed by atoms with Crippen molar-refractivity contribution in [1.29, 1.82) is 0 Å². The Kier molecular flexibility index (Phi) is 3.28. The van der Waals surface area contributed by atoms with Crippen LogP contribution in [0.1, 0.15) is 32.6 Å². The third-order valence-electron chi connectivity index (χ3n) is 3.80. The fraction of sp³-hybridized carbons (Fsp3) is 0.750. The van der Waals surface area contributed by atoms with E-state index in [9.17, 15) is 14.4 Å². The van der Waals surface area contributed by atoms with Crippen LogP contribution in [0.4, 0.5) is 4.79 Å². The molecule has 4 amide bonds. The smallest absolute Gasteiger partial charge is 0.324 e. The number of carbonyl (C=O) groups excluding carboxylic acids is 3. The number of hydrogen-bond acceptors (Lipinski definition) is 3. The molecule has 0 unspecified atom stereocenters. The quantitative estimate of drug-likeness (QED) is 0.721. The second kappa shape index (κ2) is 4.59. The summed E-state index contributed by atoms with van der Waals surface area (Å²) in [7, 11) is 1.49. The van der Waals surface area contributed by atoms with Crippen LogP contribution in [-0.2, 0) is 9.59 Å². The fourth-order valence-corrected chi connectivity index (χ4v) is 2.60. The molecule has 2 fully saturated rings. The Morgan fingerprint density at radius 2 is 1.94 bits per heavy atom. The molecular formula is C12H19N3O3. The predicted octanol–water partition coefficient (Wildman–Crippen LogP) is 0.329. The lowest BCUT2D eigenvalue weighted by atomic mass is 9.87. The van der Waals surface area contributed by atoms with Gasteiger partial charge in [-0.3, -0.25) is 14.5 Å². The number of rotatable bonds is 2. The van der Waals surface area contributed by atoms with Crippen molar-refractivity contribution < 1.29 is 14.4 Å². The summed E-state index contributed by atoms with van der Waals surface area (Å²) in [4.78, 5) is 38.2. The molecule has 0 bridgehead atoms. The van der Waals surface area contributed by atoms with Gasteiger partial charge in [-0.15, -0.1) is 0 Å². The maximum Gasteiger partial charge on any atom is 0.324 e. The first-order chi connectivity index (χ1) is 8.50. The second-order valence-corrected chi connectivity index (χ2v) is 5.01. The van der Waals surface area contributed by atoms with E-state index in [1.807, 2.05) is 6.92 Å². The van der Waals surface area contributed by atoms with Gasteiger partial charge in [0, 0.05) is 26.6 Å². The van der Waals surface area contributed by atoms with E-state index in [4.69, 9.17) is 0 Å². The molecule has 18 heavy (non-hydrogen) atoms. The molecule has 0 aliphatic carbocycles. The molecule has 2 saturated heterocycles.